The molecule has 4 aromatic rings. The van der Waals surface area contributed by atoms with Crippen LogP contribution in [0.15, 0.2) is 89.8 Å². The van der Waals surface area contributed by atoms with Crippen molar-refractivity contribution in [3.8, 4) is 11.5 Å². The quantitative estimate of drug-likeness (QED) is 0.128. The fourth-order valence-corrected chi connectivity index (χ4v) is 6.22. The van der Waals surface area contributed by atoms with Gasteiger partial charge in [-0.25, -0.2) is 0 Å². The molecule has 5 rings (SSSR count). The topological polar surface area (TPSA) is 55.8 Å². The van der Waals surface area contributed by atoms with Crippen LogP contribution >= 0.6 is 34.4 Å². The molecule has 0 N–H and O–H groups in total. The number of amides is 2. The van der Waals surface area contributed by atoms with E-state index in [-0.39, 0.29) is 11.1 Å². The summed E-state index contributed by atoms with van der Waals surface area (Å²) in [6.07, 6.45) is 3.31. The van der Waals surface area contributed by atoms with Crippen molar-refractivity contribution in [3.63, 3.8) is 0 Å². The Labute approximate surface area is 246 Å². The summed E-state index contributed by atoms with van der Waals surface area (Å²) in [4.78, 5) is 27.4. The van der Waals surface area contributed by atoms with Crippen LogP contribution in [0, 0.1) is 3.57 Å². The first-order chi connectivity index (χ1) is 19.0. The van der Waals surface area contributed by atoms with Gasteiger partial charge >= 0.3 is 0 Å². The number of ether oxygens (including phenoxy) is 2. The molecule has 0 aromatic heterocycles. The third-order valence-corrected chi connectivity index (χ3v) is 8.15. The van der Waals surface area contributed by atoms with Gasteiger partial charge in [-0.15, -0.1) is 0 Å². The molecule has 1 heterocycles. The standard InChI is InChI=1S/C32H28INO4S/c1-2-37-28-19-23(18-27(33)30(28)38-21-25-15-8-14-24-13-6-7-16-26(24)25)20-29-31(35)34(32(36)39-29)17-9-12-22-10-4-3-5-11-22/h3-8,10-11,13-16,18-20H,2,9,12,17,21H2,1H3/b29-20+. The lowest BCUT2D eigenvalue weighted by Gasteiger charge is -2.16. The van der Waals surface area contributed by atoms with Crippen molar-refractivity contribution < 1.29 is 19.1 Å². The molecule has 7 heteroatoms. The van der Waals surface area contributed by atoms with E-state index in [4.69, 9.17) is 9.47 Å². The summed E-state index contributed by atoms with van der Waals surface area (Å²) >= 11 is 3.22. The van der Waals surface area contributed by atoms with Gasteiger partial charge in [0.1, 0.15) is 6.61 Å². The summed E-state index contributed by atoms with van der Waals surface area (Å²) in [6, 6.07) is 28.3. The summed E-state index contributed by atoms with van der Waals surface area (Å²) in [7, 11) is 0. The number of rotatable bonds is 10. The second-order valence-corrected chi connectivity index (χ2v) is 11.3. The van der Waals surface area contributed by atoms with E-state index in [1.807, 2.05) is 55.5 Å². The van der Waals surface area contributed by atoms with Gasteiger partial charge in [0.05, 0.1) is 15.1 Å². The smallest absolute Gasteiger partial charge is 0.293 e. The van der Waals surface area contributed by atoms with Crippen molar-refractivity contribution in [1.82, 2.24) is 4.90 Å². The highest BCUT2D eigenvalue weighted by molar-refractivity contribution is 14.1. The van der Waals surface area contributed by atoms with E-state index >= 15 is 0 Å². The normalized spacial score (nSPS) is 14.4. The molecule has 0 radical (unpaired) electrons. The minimum Gasteiger partial charge on any atom is -0.490 e. The van der Waals surface area contributed by atoms with Crippen LogP contribution in [0.3, 0.4) is 0 Å². The number of carbonyl (C=O) groups excluding carboxylic acids is 2. The maximum atomic E-state index is 13.0. The first kappa shape index (κ1) is 27.3. The van der Waals surface area contributed by atoms with Crippen LogP contribution in [0.2, 0.25) is 0 Å². The van der Waals surface area contributed by atoms with Crippen LogP contribution in [-0.4, -0.2) is 29.2 Å². The first-order valence-electron chi connectivity index (χ1n) is 12.9. The van der Waals surface area contributed by atoms with Gasteiger partial charge in [0.2, 0.25) is 0 Å². The highest BCUT2D eigenvalue weighted by Crippen LogP contribution is 2.38. The average molecular weight is 650 g/mol. The fraction of sp³-hybridized carbons (Fsp3) is 0.188. The Balaban J connectivity index is 1.31. The van der Waals surface area contributed by atoms with E-state index in [0.29, 0.717) is 36.2 Å². The molecule has 5 nitrogen and oxygen atoms in total. The van der Waals surface area contributed by atoms with E-state index in [0.717, 1.165) is 44.7 Å². The monoisotopic (exact) mass is 649 g/mol. The maximum absolute atomic E-state index is 13.0. The highest BCUT2D eigenvalue weighted by Gasteiger charge is 2.34. The molecule has 4 aromatic carbocycles. The lowest BCUT2D eigenvalue weighted by Crippen LogP contribution is -2.29. The van der Waals surface area contributed by atoms with Gasteiger partial charge in [-0.3, -0.25) is 14.5 Å². The maximum Gasteiger partial charge on any atom is 0.293 e. The summed E-state index contributed by atoms with van der Waals surface area (Å²) < 4.78 is 13.1. The van der Waals surface area contributed by atoms with Crippen LogP contribution in [0.25, 0.3) is 16.8 Å². The van der Waals surface area contributed by atoms with E-state index in [1.54, 1.807) is 6.08 Å². The van der Waals surface area contributed by atoms with Gasteiger partial charge in [-0.05, 0) is 99.8 Å². The summed E-state index contributed by atoms with van der Waals surface area (Å²) in [5.41, 5.74) is 3.08. The fourth-order valence-electron chi connectivity index (χ4n) is 4.57. The highest BCUT2D eigenvalue weighted by atomic mass is 127. The minimum atomic E-state index is -0.248. The van der Waals surface area contributed by atoms with Crippen molar-refractivity contribution >= 4 is 62.3 Å². The molecular weight excluding hydrogens is 621 g/mol. The Bertz CT molecular complexity index is 1530. The minimum absolute atomic E-state index is 0.228. The van der Waals surface area contributed by atoms with Gasteiger partial charge in [-0.1, -0.05) is 72.8 Å². The Morgan fingerprint density at radius 1 is 0.923 bits per heavy atom. The number of aryl methyl sites for hydroxylation is 1. The zero-order valence-corrected chi connectivity index (χ0v) is 24.5. The Hall–Kier alpha value is -3.30. The van der Waals surface area contributed by atoms with Crippen molar-refractivity contribution in [2.45, 2.75) is 26.4 Å². The van der Waals surface area contributed by atoms with Crippen molar-refractivity contribution in [2.24, 2.45) is 0 Å². The molecule has 0 bridgehead atoms. The molecule has 1 aliphatic heterocycles. The molecule has 0 aliphatic carbocycles. The van der Waals surface area contributed by atoms with Crippen LogP contribution in [-0.2, 0) is 17.8 Å². The van der Waals surface area contributed by atoms with Gasteiger partial charge in [0, 0.05) is 6.54 Å². The number of halogens is 1. The number of benzene rings is 4. The second-order valence-electron chi connectivity index (χ2n) is 9.11. The number of carbonyl (C=O) groups is 2. The van der Waals surface area contributed by atoms with E-state index < -0.39 is 0 Å². The predicted octanol–water partition coefficient (Wildman–Crippen LogP) is 8.09. The number of imide groups is 1. The summed E-state index contributed by atoms with van der Waals surface area (Å²) in [5.74, 6) is 1.02. The molecule has 39 heavy (non-hydrogen) atoms. The van der Waals surface area contributed by atoms with Crippen LogP contribution in [0.4, 0.5) is 4.79 Å². The molecule has 0 atom stereocenters. The van der Waals surface area contributed by atoms with Gasteiger partial charge in [-0.2, -0.15) is 0 Å². The second kappa shape index (κ2) is 12.7. The number of thioether (sulfide) groups is 1. The molecule has 1 fully saturated rings. The number of nitrogens with zero attached hydrogens (tertiary/aromatic N) is 1. The zero-order chi connectivity index (χ0) is 27.2. The first-order valence-corrected chi connectivity index (χ1v) is 14.8. The van der Waals surface area contributed by atoms with E-state index in [9.17, 15) is 9.59 Å². The molecule has 198 valence electrons. The Morgan fingerprint density at radius 3 is 2.51 bits per heavy atom. The molecule has 2 amide bonds. The van der Waals surface area contributed by atoms with E-state index in [1.165, 1.54) is 15.8 Å². The van der Waals surface area contributed by atoms with Gasteiger partial charge in [0.15, 0.2) is 11.5 Å². The third kappa shape index (κ3) is 6.47. The van der Waals surface area contributed by atoms with Crippen LogP contribution in [0.5, 0.6) is 11.5 Å². The van der Waals surface area contributed by atoms with Crippen LogP contribution < -0.4 is 9.47 Å². The number of hydrogen-bond donors (Lipinski definition) is 0. The molecule has 1 saturated heterocycles. The number of hydrogen-bond acceptors (Lipinski definition) is 5. The van der Waals surface area contributed by atoms with Crippen molar-refractivity contribution in [1.29, 1.82) is 0 Å². The molecule has 1 aliphatic rings. The third-order valence-electron chi connectivity index (χ3n) is 6.44. The largest absolute Gasteiger partial charge is 0.490 e. The average Bonchev–Trinajstić information content (AvgIpc) is 3.20. The Kier molecular flexibility index (Phi) is 8.88. The summed E-state index contributed by atoms with van der Waals surface area (Å²) in [6.45, 7) is 3.20. The molecule has 0 unspecified atom stereocenters. The molecule has 0 spiro atoms. The summed E-state index contributed by atoms with van der Waals surface area (Å²) in [5, 5.41) is 2.10. The predicted molar refractivity (Wildman–Crippen MR) is 166 cm³/mol. The Morgan fingerprint density at radius 2 is 1.69 bits per heavy atom. The zero-order valence-electron chi connectivity index (χ0n) is 21.6. The van der Waals surface area contributed by atoms with Crippen LogP contribution in [0.1, 0.15) is 30.0 Å². The lowest BCUT2D eigenvalue weighted by atomic mass is 10.1. The van der Waals surface area contributed by atoms with Crippen molar-refractivity contribution in [3.05, 3.63) is 110 Å². The van der Waals surface area contributed by atoms with Gasteiger partial charge in [0.25, 0.3) is 11.1 Å². The SMILES string of the molecule is CCOc1cc(/C=C2/SC(=O)N(CCCc3ccccc3)C2=O)cc(I)c1OCc1cccc2ccccc12. The van der Waals surface area contributed by atoms with Crippen molar-refractivity contribution in [2.75, 3.05) is 13.2 Å². The molecular formula is C32H28INO4S. The van der Waals surface area contributed by atoms with E-state index in [2.05, 4.69) is 59.0 Å². The number of fused-ring (bicyclic) bond motifs is 1. The van der Waals surface area contributed by atoms with Gasteiger partial charge < -0.3 is 9.47 Å². The lowest BCUT2D eigenvalue weighted by molar-refractivity contribution is -0.122. The molecule has 0 saturated carbocycles.